The monoisotopic (exact) mass is 361 g/mol. The first-order valence-corrected chi connectivity index (χ1v) is 8.87. The van der Waals surface area contributed by atoms with E-state index in [1.165, 1.54) is 0 Å². The summed E-state index contributed by atoms with van der Waals surface area (Å²) in [5.74, 6) is 0.612. The summed E-state index contributed by atoms with van der Waals surface area (Å²) in [6, 6.07) is 4.69. The van der Waals surface area contributed by atoms with Crippen LogP contribution in [0.1, 0.15) is 23.2 Å². The van der Waals surface area contributed by atoms with Gasteiger partial charge in [0.1, 0.15) is 5.75 Å². The van der Waals surface area contributed by atoms with Crippen LogP contribution in [0.2, 0.25) is 0 Å². The molecule has 1 aromatic rings. The fourth-order valence-electron chi connectivity index (χ4n) is 2.21. The molecule has 1 aromatic carbocycles. The van der Waals surface area contributed by atoms with Gasteiger partial charge in [-0.25, -0.2) is 8.42 Å². The van der Waals surface area contributed by atoms with Crippen molar-refractivity contribution in [2.75, 3.05) is 18.6 Å². The van der Waals surface area contributed by atoms with Crippen LogP contribution in [0.3, 0.4) is 0 Å². The zero-order valence-electron chi connectivity index (χ0n) is 11.1. The molecule has 1 unspecified atom stereocenters. The number of benzene rings is 1. The molecule has 1 saturated heterocycles. The molecule has 0 radical (unpaired) electrons. The summed E-state index contributed by atoms with van der Waals surface area (Å²) in [4.78, 5) is 12.1. The standard InChI is InChI=1S/C13H16BrNO4S/c1-19-12-5-4-9(7-11(12)14)13(16)15-10-3-2-6-20(17,18)8-10/h4-5,7,10H,2-3,6,8H2,1H3,(H,15,16). The Morgan fingerprint density at radius 2 is 2.20 bits per heavy atom. The van der Waals surface area contributed by atoms with E-state index in [-0.39, 0.29) is 23.5 Å². The molecule has 7 heteroatoms. The van der Waals surface area contributed by atoms with E-state index in [0.717, 1.165) is 0 Å². The van der Waals surface area contributed by atoms with E-state index in [0.29, 0.717) is 28.6 Å². The lowest BCUT2D eigenvalue weighted by molar-refractivity contribution is 0.0938. The summed E-state index contributed by atoms with van der Waals surface area (Å²) in [5, 5.41) is 2.78. The second-order valence-corrected chi connectivity index (χ2v) is 7.86. The van der Waals surface area contributed by atoms with Crippen molar-refractivity contribution in [2.24, 2.45) is 0 Å². The molecule has 0 spiro atoms. The van der Waals surface area contributed by atoms with Gasteiger partial charge in [-0.15, -0.1) is 0 Å². The quantitative estimate of drug-likeness (QED) is 0.890. The van der Waals surface area contributed by atoms with Gasteiger partial charge in [0.2, 0.25) is 0 Å². The van der Waals surface area contributed by atoms with Gasteiger partial charge in [0.15, 0.2) is 9.84 Å². The van der Waals surface area contributed by atoms with Gasteiger partial charge < -0.3 is 10.1 Å². The summed E-state index contributed by atoms with van der Waals surface area (Å²) in [6.07, 6.45) is 1.29. The number of amides is 1. The third-order valence-corrected chi connectivity index (χ3v) is 5.65. The molecule has 0 saturated carbocycles. The molecule has 1 fully saturated rings. The minimum atomic E-state index is -3.02. The molecule has 0 bridgehead atoms. The molecule has 1 amide bonds. The number of hydrogen-bond acceptors (Lipinski definition) is 4. The van der Waals surface area contributed by atoms with Crippen molar-refractivity contribution >= 4 is 31.7 Å². The number of rotatable bonds is 3. The highest BCUT2D eigenvalue weighted by atomic mass is 79.9. The van der Waals surface area contributed by atoms with Crippen LogP contribution < -0.4 is 10.1 Å². The molecule has 1 aliphatic heterocycles. The van der Waals surface area contributed by atoms with Crippen LogP contribution >= 0.6 is 15.9 Å². The SMILES string of the molecule is COc1ccc(C(=O)NC2CCCS(=O)(=O)C2)cc1Br. The van der Waals surface area contributed by atoms with E-state index in [1.807, 2.05) is 0 Å². The molecule has 1 N–H and O–H groups in total. The number of halogens is 1. The number of nitrogens with one attached hydrogen (secondary N) is 1. The third-order valence-electron chi connectivity index (χ3n) is 3.21. The number of ether oxygens (including phenoxy) is 1. The van der Waals surface area contributed by atoms with Gasteiger partial charge in [-0.3, -0.25) is 4.79 Å². The molecule has 1 heterocycles. The second-order valence-electron chi connectivity index (χ2n) is 4.78. The zero-order valence-corrected chi connectivity index (χ0v) is 13.5. The molecule has 0 aliphatic carbocycles. The summed E-state index contributed by atoms with van der Waals surface area (Å²) in [7, 11) is -1.47. The summed E-state index contributed by atoms with van der Waals surface area (Å²) >= 11 is 3.32. The van der Waals surface area contributed by atoms with Crippen LogP contribution in [0.4, 0.5) is 0 Å². The maximum absolute atomic E-state index is 12.1. The maximum Gasteiger partial charge on any atom is 0.251 e. The lowest BCUT2D eigenvalue weighted by Crippen LogP contribution is -2.43. The van der Waals surface area contributed by atoms with Crippen LogP contribution in [0.5, 0.6) is 5.75 Å². The van der Waals surface area contributed by atoms with E-state index >= 15 is 0 Å². The van der Waals surface area contributed by atoms with Crippen molar-refractivity contribution in [3.05, 3.63) is 28.2 Å². The highest BCUT2D eigenvalue weighted by molar-refractivity contribution is 9.10. The molecule has 1 atom stereocenters. The van der Waals surface area contributed by atoms with Gasteiger partial charge in [0, 0.05) is 11.6 Å². The molecular weight excluding hydrogens is 346 g/mol. The summed E-state index contributed by atoms with van der Waals surface area (Å²) in [6.45, 7) is 0. The first-order chi connectivity index (χ1) is 9.41. The van der Waals surface area contributed by atoms with Gasteiger partial charge >= 0.3 is 0 Å². The smallest absolute Gasteiger partial charge is 0.251 e. The maximum atomic E-state index is 12.1. The van der Waals surface area contributed by atoms with Crippen molar-refractivity contribution in [3.63, 3.8) is 0 Å². The largest absolute Gasteiger partial charge is 0.496 e. The van der Waals surface area contributed by atoms with Crippen molar-refractivity contribution in [3.8, 4) is 5.75 Å². The highest BCUT2D eigenvalue weighted by Crippen LogP contribution is 2.25. The first kappa shape index (κ1) is 15.3. The molecular formula is C13H16BrNO4S. The molecule has 20 heavy (non-hydrogen) atoms. The molecule has 1 aliphatic rings. The van der Waals surface area contributed by atoms with Crippen LogP contribution in [0.15, 0.2) is 22.7 Å². The van der Waals surface area contributed by atoms with Gasteiger partial charge in [-0.2, -0.15) is 0 Å². The average Bonchev–Trinajstić information content (AvgIpc) is 2.37. The minimum absolute atomic E-state index is 0.0239. The molecule has 2 rings (SSSR count). The number of carbonyl (C=O) groups is 1. The first-order valence-electron chi connectivity index (χ1n) is 6.26. The Bertz CT molecular complexity index is 615. The predicted molar refractivity (Wildman–Crippen MR) is 79.8 cm³/mol. The number of methoxy groups -OCH3 is 1. The van der Waals surface area contributed by atoms with Crippen molar-refractivity contribution in [1.82, 2.24) is 5.32 Å². The van der Waals surface area contributed by atoms with Gasteiger partial charge in [-0.05, 0) is 47.0 Å². The number of sulfone groups is 1. The second kappa shape index (κ2) is 6.13. The third kappa shape index (κ3) is 3.73. The fourth-order valence-corrected chi connectivity index (χ4v) is 4.39. The van der Waals surface area contributed by atoms with Crippen molar-refractivity contribution in [1.29, 1.82) is 0 Å². The Balaban J connectivity index is 2.06. The molecule has 5 nitrogen and oxygen atoms in total. The predicted octanol–water partition coefficient (Wildman–Crippen LogP) is 1.76. The highest BCUT2D eigenvalue weighted by Gasteiger charge is 2.26. The van der Waals surface area contributed by atoms with E-state index in [2.05, 4.69) is 21.2 Å². The summed E-state index contributed by atoms with van der Waals surface area (Å²) in [5.41, 5.74) is 0.473. The van der Waals surface area contributed by atoms with Crippen molar-refractivity contribution < 1.29 is 17.9 Å². The van der Waals surface area contributed by atoms with E-state index in [9.17, 15) is 13.2 Å². The fraction of sp³-hybridized carbons (Fsp3) is 0.462. The molecule has 0 aromatic heterocycles. The Morgan fingerprint density at radius 1 is 1.45 bits per heavy atom. The van der Waals surface area contributed by atoms with Gasteiger partial charge in [-0.1, -0.05) is 0 Å². The Labute approximate surface area is 126 Å². The van der Waals surface area contributed by atoms with E-state index in [1.54, 1.807) is 25.3 Å². The average molecular weight is 362 g/mol. The number of hydrogen-bond donors (Lipinski definition) is 1. The van der Waals surface area contributed by atoms with Crippen LogP contribution in [-0.2, 0) is 9.84 Å². The van der Waals surface area contributed by atoms with Crippen molar-refractivity contribution in [2.45, 2.75) is 18.9 Å². The zero-order chi connectivity index (χ0) is 14.8. The van der Waals surface area contributed by atoms with Gasteiger partial charge in [0.25, 0.3) is 5.91 Å². The Kier molecular flexibility index (Phi) is 4.70. The lowest BCUT2D eigenvalue weighted by atomic mass is 10.1. The Hall–Kier alpha value is -1.08. The number of carbonyl (C=O) groups excluding carboxylic acids is 1. The Morgan fingerprint density at radius 3 is 2.80 bits per heavy atom. The van der Waals surface area contributed by atoms with Gasteiger partial charge in [0.05, 0.1) is 23.1 Å². The molecule has 110 valence electrons. The van der Waals surface area contributed by atoms with E-state index in [4.69, 9.17) is 4.74 Å². The van der Waals surface area contributed by atoms with Crippen LogP contribution in [-0.4, -0.2) is 39.0 Å². The van der Waals surface area contributed by atoms with Crippen LogP contribution in [0, 0.1) is 0 Å². The topological polar surface area (TPSA) is 72.5 Å². The van der Waals surface area contributed by atoms with Crippen LogP contribution in [0.25, 0.3) is 0 Å². The van der Waals surface area contributed by atoms with E-state index < -0.39 is 9.84 Å². The normalized spacial score (nSPS) is 21.2. The summed E-state index contributed by atoms with van der Waals surface area (Å²) < 4.78 is 28.9. The lowest BCUT2D eigenvalue weighted by Gasteiger charge is -2.23. The minimum Gasteiger partial charge on any atom is -0.496 e.